The number of hydrogen-bond donors (Lipinski definition) is 2. The molecule has 0 bridgehead atoms. The lowest BCUT2D eigenvalue weighted by molar-refractivity contribution is -0.162. The molecule has 1 unspecified atom stereocenters. The van der Waals surface area contributed by atoms with E-state index in [0.717, 1.165) is 13.1 Å². The van der Waals surface area contributed by atoms with E-state index in [2.05, 4.69) is 5.32 Å². The van der Waals surface area contributed by atoms with Crippen molar-refractivity contribution in [3.8, 4) is 0 Å². The zero-order valence-electron chi connectivity index (χ0n) is 14.4. The molecular weight excluding hydrogens is 324 g/mol. The van der Waals surface area contributed by atoms with Crippen molar-refractivity contribution in [1.82, 2.24) is 20.0 Å². The van der Waals surface area contributed by atoms with Crippen molar-refractivity contribution in [2.45, 2.75) is 19.3 Å². The fourth-order valence-electron chi connectivity index (χ4n) is 3.77. The summed E-state index contributed by atoms with van der Waals surface area (Å²) in [5, 5.41) is 12.9. The number of aliphatic carboxylic acids is 1. The number of piperazine rings is 2. The summed E-state index contributed by atoms with van der Waals surface area (Å²) in [7, 11) is 0. The second kappa shape index (κ2) is 7.43. The molecule has 0 aromatic carbocycles. The van der Waals surface area contributed by atoms with Gasteiger partial charge in [0.15, 0.2) is 0 Å². The van der Waals surface area contributed by atoms with Crippen LogP contribution in [0.1, 0.15) is 19.3 Å². The number of rotatable bonds is 2. The van der Waals surface area contributed by atoms with Gasteiger partial charge in [-0.25, -0.2) is 4.79 Å². The molecule has 25 heavy (non-hydrogen) atoms. The Morgan fingerprint density at radius 2 is 1.48 bits per heavy atom. The van der Waals surface area contributed by atoms with Crippen LogP contribution in [0.3, 0.4) is 0 Å². The summed E-state index contributed by atoms with van der Waals surface area (Å²) in [5.41, 5.74) is -1.33. The molecule has 2 fully saturated rings. The van der Waals surface area contributed by atoms with E-state index in [0.29, 0.717) is 52.1 Å². The molecule has 0 radical (unpaired) electrons. The van der Waals surface area contributed by atoms with E-state index >= 15 is 0 Å². The number of carbonyl (C=O) groups is 3. The van der Waals surface area contributed by atoms with Crippen LogP contribution < -0.4 is 5.32 Å². The van der Waals surface area contributed by atoms with Crippen molar-refractivity contribution in [2.75, 3.05) is 52.4 Å². The van der Waals surface area contributed by atoms with E-state index in [1.54, 1.807) is 15.9 Å². The van der Waals surface area contributed by atoms with E-state index in [1.165, 1.54) is 0 Å². The molecule has 2 heterocycles. The average Bonchev–Trinajstić information content (AvgIpc) is 2.68. The highest BCUT2D eigenvalue weighted by Crippen LogP contribution is 2.35. The molecule has 3 aliphatic rings. The zero-order valence-corrected chi connectivity index (χ0v) is 14.4. The van der Waals surface area contributed by atoms with Gasteiger partial charge in [-0.1, -0.05) is 12.2 Å². The van der Waals surface area contributed by atoms with Gasteiger partial charge in [0.05, 0.1) is 0 Å². The summed E-state index contributed by atoms with van der Waals surface area (Å²) in [6.07, 6.45) is 4.93. The summed E-state index contributed by atoms with van der Waals surface area (Å²) >= 11 is 0. The first-order valence-electron chi connectivity index (χ1n) is 8.97. The lowest BCUT2D eigenvalue weighted by atomic mass is 9.75. The van der Waals surface area contributed by atoms with Gasteiger partial charge < -0.3 is 25.1 Å². The van der Waals surface area contributed by atoms with E-state index in [-0.39, 0.29) is 18.4 Å². The number of carbonyl (C=O) groups excluding carboxylic acids is 2. The fraction of sp³-hybridized carbons (Fsp3) is 0.706. The van der Waals surface area contributed by atoms with Gasteiger partial charge in [-0.05, 0) is 19.3 Å². The first-order valence-corrected chi connectivity index (χ1v) is 8.97. The predicted molar refractivity (Wildman–Crippen MR) is 91.1 cm³/mol. The number of nitrogens with one attached hydrogen (secondary N) is 1. The zero-order chi connectivity index (χ0) is 17.9. The van der Waals surface area contributed by atoms with Gasteiger partial charge in [0.25, 0.3) is 0 Å². The number of carboxylic acid groups (broad SMARTS) is 1. The van der Waals surface area contributed by atoms with Crippen LogP contribution in [-0.2, 0) is 9.59 Å². The third kappa shape index (κ3) is 3.49. The van der Waals surface area contributed by atoms with Gasteiger partial charge >= 0.3 is 12.0 Å². The molecule has 1 aliphatic carbocycles. The summed E-state index contributed by atoms with van der Waals surface area (Å²) in [6, 6.07) is 0.0159. The Hall–Kier alpha value is -2.09. The van der Waals surface area contributed by atoms with Crippen LogP contribution in [0.4, 0.5) is 4.79 Å². The molecule has 2 aliphatic heterocycles. The smallest absolute Gasteiger partial charge is 0.320 e. The lowest BCUT2D eigenvalue weighted by Crippen LogP contribution is -2.59. The molecule has 2 saturated heterocycles. The number of carboxylic acids is 1. The van der Waals surface area contributed by atoms with Crippen molar-refractivity contribution in [3.05, 3.63) is 12.2 Å². The largest absolute Gasteiger partial charge is 0.480 e. The first-order chi connectivity index (χ1) is 12.0. The molecule has 3 rings (SSSR count). The highest BCUT2D eigenvalue weighted by molar-refractivity contribution is 6.02. The SMILES string of the molecule is O=C(N1CCNCC1)N1CCN(C(=O)C2(C(=O)O)CC=CCC2)CC1. The second-order valence-corrected chi connectivity index (χ2v) is 6.90. The number of nitrogens with zero attached hydrogens (tertiary/aromatic N) is 3. The maximum atomic E-state index is 12.9. The summed E-state index contributed by atoms with van der Waals surface area (Å²) < 4.78 is 0. The van der Waals surface area contributed by atoms with Crippen molar-refractivity contribution >= 4 is 17.9 Å². The predicted octanol–water partition coefficient (Wildman–Crippen LogP) is -0.0331. The van der Waals surface area contributed by atoms with Crippen LogP contribution in [0.2, 0.25) is 0 Å². The van der Waals surface area contributed by atoms with Crippen LogP contribution in [0.25, 0.3) is 0 Å². The molecule has 8 heteroatoms. The Morgan fingerprint density at radius 3 is 2.04 bits per heavy atom. The van der Waals surface area contributed by atoms with Crippen molar-refractivity contribution in [1.29, 1.82) is 0 Å². The van der Waals surface area contributed by atoms with E-state index in [9.17, 15) is 19.5 Å². The van der Waals surface area contributed by atoms with E-state index in [4.69, 9.17) is 0 Å². The first kappa shape index (κ1) is 17.7. The monoisotopic (exact) mass is 350 g/mol. The minimum Gasteiger partial charge on any atom is -0.480 e. The highest BCUT2D eigenvalue weighted by atomic mass is 16.4. The molecule has 138 valence electrons. The molecule has 0 aromatic heterocycles. The molecule has 2 N–H and O–H groups in total. The molecule has 0 spiro atoms. The third-order valence-corrected chi connectivity index (χ3v) is 5.41. The van der Waals surface area contributed by atoms with Crippen molar-refractivity contribution < 1.29 is 19.5 Å². The second-order valence-electron chi connectivity index (χ2n) is 6.90. The Morgan fingerprint density at radius 1 is 0.880 bits per heavy atom. The quantitative estimate of drug-likeness (QED) is 0.539. The lowest BCUT2D eigenvalue weighted by Gasteiger charge is -2.41. The minimum atomic E-state index is -1.33. The van der Waals surface area contributed by atoms with Crippen LogP contribution in [0.15, 0.2) is 12.2 Å². The van der Waals surface area contributed by atoms with E-state index in [1.807, 2.05) is 11.0 Å². The highest BCUT2D eigenvalue weighted by Gasteiger charge is 2.48. The molecule has 1 atom stereocenters. The third-order valence-electron chi connectivity index (χ3n) is 5.41. The average molecular weight is 350 g/mol. The number of allylic oxidation sites excluding steroid dienone is 2. The van der Waals surface area contributed by atoms with Crippen LogP contribution >= 0.6 is 0 Å². The fourth-order valence-corrected chi connectivity index (χ4v) is 3.77. The van der Waals surface area contributed by atoms with Crippen LogP contribution in [-0.4, -0.2) is 90.1 Å². The molecule has 0 saturated carbocycles. The summed E-state index contributed by atoms with van der Waals surface area (Å²) in [4.78, 5) is 42.4. The molecular formula is C17H26N4O4. The van der Waals surface area contributed by atoms with E-state index < -0.39 is 11.4 Å². The van der Waals surface area contributed by atoms with Crippen molar-refractivity contribution in [3.63, 3.8) is 0 Å². The standard InChI is InChI=1S/C17H26N4O4/c22-14(17(15(23)24)4-2-1-3-5-17)19-10-12-21(13-11-19)16(25)20-8-6-18-7-9-20/h1-2,18H,3-13H2,(H,23,24). The Labute approximate surface area is 147 Å². The van der Waals surface area contributed by atoms with Crippen molar-refractivity contribution in [2.24, 2.45) is 5.41 Å². The van der Waals surface area contributed by atoms with Gasteiger partial charge in [-0.15, -0.1) is 0 Å². The maximum Gasteiger partial charge on any atom is 0.320 e. The normalized spacial score (nSPS) is 27.3. The van der Waals surface area contributed by atoms with Crippen LogP contribution in [0.5, 0.6) is 0 Å². The van der Waals surface area contributed by atoms with Crippen LogP contribution in [0, 0.1) is 5.41 Å². The van der Waals surface area contributed by atoms with Gasteiger partial charge in [0, 0.05) is 52.4 Å². The Balaban J connectivity index is 1.59. The summed E-state index contributed by atoms with van der Waals surface area (Å²) in [5.74, 6) is -1.35. The van der Waals surface area contributed by atoms with Gasteiger partial charge in [0.2, 0.25) is 5.91 Å². The minimum absolute atomic E-state index is 0.0159. The number of hydrogen-bond acceptors (Lipinski definition) is 4. The van der Waals surface area contributed by atoms with Gasteiger partial charge in [-0.2, -0.15) is 0 Å². The number of amides is 3. The number of urea groups is 1. The topological polar surface area (TPSA) is 93.2 Å². The molecule has 8 nitrogen and oxygen atoms in total. The molecule has 0 aromatic rings. The van der Waals surface area contributed by atoms with Gasteiger partial charge in [0.1, 0.15) is 5.41 Å². The van der Waals surface area contributed by atoms with Gasteiger partial charge in [-0.3, -0.25) is 9.59 Å². The Kier molecular flexibility index (Phi) is 5.27. The summed E-state index contributed by atoms with van der Waals surface area (Å²) in [6.45, 7) is 4.72. The Bertz CT molecular complexity index is 565. The maximum absolute atomic E-state index is 12.9. The molecule has 3 amide bonds.